The Morgan fingerprint density at radius 2 is 1.93 bits per heavy atom. The molecule has 136 valence electrons. The fourth-order valence-corrected chi connectivity index (χ4v) is 2.86. The molecule has 0 aliphatic rings. The largest absolute Gasteiger partial charge is 0.322 e. The first kappa shape index (κ1) is 16.7. The van der Waals surface area contributed by atoms with Crippen molar-refractivity contribution in [3.05, 3.63) is 48.5 Å². The number of rotatable bonds is 4. The van der Waals surface area contributed by atoms with Gasteiger partial charge in [-0.15, -0.1) is 0 Å². The highest BCUT2D eigenvalue weighted by Crippen LogP contribution is 2.30. The number of fused-ring (bicyclic) bond motifs is 1. The third kappa shape index (κ3) is 3.34. The van der Waals surface area contributed by atoms with Crippen molar-refractivity contribution < 1.29 is 4.79 Å². The molecule has 0 saturated heterocycles. The van der Waals surface area contributed by atoms with E-state index in [4.69, 9.17) is 0 Å². The highest BCUT2D eigenvalue weighted by Gasteiger charge is 2.18. The average molecular weight is 362 g/mol. The third-order valence-corrected chi connectivity index (χ3v) is 3.87. The summed E-state index contributed by atoms with van der Waals surface area (Å²) < 4.78 is 3.64. The van der Waals surface area contributed by atoms with Gasteiger partial charge >= 0.3 is 0 Å². The summed E-state index contributed by atoms with van der Waals surface area (Å²) in [5.74, 6) is 2.09. The predicted octanol–water partition coefficient (Wildman–Crippen LogP) is 2.54. The van der Waals surface area contributed by atoms with Crippen LogP contribution in [0.1, 0.15) is 12.7 Å². The minimum absolute atomic E-state index is 0.191. The monoisotopic (exact) mass is 362 g/mol. The molecule has 4 aromatic heterocycles. The molecule has 1 amide bonds. The number of carbonyl (C=O) groups is 1. The van der Waals surface area contributed by atoms with Crippen LogP contribution >= 0.6 is 0 Å². The molecule has 0 atom stereocenters. The lowest BCUT2D eigenvalue weighted by molar-refractivity contribution is -0.114. The standard InChI is InChI=1S/C18H18N8O/c1-11-19-13(10-15(20-11)21-12(2)27)17-18(22-14-7-9-25(3)24-14)23-16-6-4-5-8-26(16)17/h4-10H,1-3H3,(H,22,24)(H,19,20,21,27). The summed E-state index contributed by atoms with van der Waals surface area (Å²) in [6.07, 6.45) is 3.76. The van der Waals surface area contributed by atoms with Crippen LogP contribution in [0, 0.1) is 6.92 Å². The first-order chi connectivity index (χ1) is 13.0. The molecule has 0 aliphatic heterocycles. The molecule has 0 aromatic carbocycles. The van der Waals surface area contributed by atoms with Crippen LogP contribution in [0.25, 0.3) is 17.0 Å². The van der Waals surface area contributed by atoms with Crippen molar-refractivity contribution in [3.63, 3.8) is 0 Å². The maximum Gasteiger partial charge on any atom is 0.222 e. The van der Waals surface area contributed by atoms with Crippen LogP contribution in [-0.2, 0) is 11.8 Å². The average Bonchev–Trinajstić information content (AvgIpc) is 3.16. The quantitative estimate of drug-likeness (QED) is 0.578. The second-order valence-corrected chi connectivity index (χ2v) is 6.10. The summed E-state index contributed by atoms with van der Waals surface area (Å²) in [7, 11) is 1.85. The number of imidazole rings is 1. The number of hydrogen-bond acceptors (Lipinski definition) is 6. The Kier molecular flexibility index (Phi) is 4.03. The predicted molar refractivity (Wildman–Crippen MR) is 102 cm³/mol. The molecular weight excluding hydrogens is 344 g/mol. The van der Waals surface area contributed by atoms with Crippen molar-refractivity contribution in [2.45, 2.75) is 13.8 Å². The van der Waals surface area contributed by atoms with Crippen LogP contribution in [0.15, 0.2) is 42.7 Å². The zero-order valence-electron chi connectivity index (χ0n) is 15.1. The third-order valence-electron chi connectivity index (χ3n) is 3.87. The number of carbonyl (C=O) groups excluding carboxylic acids is 1. The second-order valence-electron chi connectivity index (χ2n) is 6.10. The fourth-order valence-electron chi connectivity index (χ4n) is 2.86. The Hall–Kier alpha value is -3.75. The molecule has 9 heteroatoms. The minimum atomic E-state index is -0.191. The number of anilines is 3. The molecule has 2 N–H and O–H groups in total. The molecule has 0 spiro atoms. The van der Waals surface area contributed by atoms with Crippen molar-refractivity contribution in [1.82, 2.24) is 29.1 Å². The van der Waals surface area contributed by atoms with E-state index in [1.807, 2.05) is 48.1 Å². The number of nitrogens with zero attached hydrogens (tertiary/aromatic N) is 6. The van der Waals surface area contributed by atoms with Crippen molar-refractivity contribution in [2.24, 2.45) is 7.05 Å². The lowest BCUT2D eigenvalue weighted by Crippen LogP contribution is -2.09. The van der Waals surface area contributed by atoms with Gasteiger partial charge in [-0.3, -0.25) is 13.9 Å². The zero-order valence-corrected chi connectivity index (χ0v) is 15.1. The van der Waals surface area contributed by atoms with E-state index in [1.165, 1.54) is 6.92 Å². The van der Waals surface area contributed by atoms with Crippen LogP contribution in [0.5, 0.6) is 0 Å². The Morgan fingerprint density at radius 1 is 1.07 bits per heavy atom. The van der Waals surface area contributed by atoms with Gasteiger partial charge in [0.05, 0.1) is 5.69 Å². The highest BCUT2D eigenvalue weighted by molar-refractivity contribution is 5.88. The van der Waals surface area contributed by atoms with Crippen molar-refractivity contribution in [2.75, 3.05) is 10.6 Å². The molecule has 9 nitrogen and oxygen atoms in total. The zero-order chi connectivity index (χ0) is 19.0. The summed E-state index contributed by atoms with van der Waals surface area (Å²) in [6.45, 7) is 3.23. The molecule has 0 fully saturated rings. The molecule has 4 aromatic rings. The normalized spacial score (nSPS) is 10.9. The van der Waals surface area contributed by atoms with Gasteiger partial charge in [-0.1, -0.05) is 6.07 Å². The molecule has 4 heterocycles. The maximum atomic E-state index is 11.4. The van der Waals surface area contributed by atoms with Gasteiger partial charge < -0.3 is 10.6 Å². The van der Waals surface area contributed by atoms with E-state index in [1.54, 1.807) is 17.7 Å². The molecule has 4 rings (SSSR count). The van der Waals surface area contributed by atoms with Gasteiger partial charge in [0.2, 0.25) is 5.91 Å². The topological polar surface area (TPSA) is 102 Å². The van der Waals surface area contributed by atoms with E-state index in [9.17, 15) is 4.79 Å². The second kappa shape index (κ2) is 6.52. The summed E-state index contributed by atoms with van der Waals surface area (Å²) >= 11 is 0. The van der Waals surface area contributed by atoms with Crippen LogP contribution in [0.4, 0.5) is 17.5 Å². The lowest BCUT2D eigenvalue weighted by Gasteiger charge is -2.08. The van der Waals surface area contributed by atoms with E-state index in [2.05, 4.69) is 30.7 Å². The first-order valence-electron chi connectivity index (χ1n) is 8.37. The fraction of sp³-hybridized carbons (Fsp3) is 0.167. The summed E-state index contributed by atoms with van der Waals surface area (Å²) in [4.78, 5) is 24.9. The van der Waals surface area contributed by atoms with Gasteiger partial charge in [-0.05, 0) is 19.1 Å². The molecule has 0 unspecified atom stereocenters. The van der Waals surface area contributed by atoms with Crippen molar-refractivity contribution in [1.29, 1.82) is 0 Å². The minimum Gasteiger partial charge on any atom is -0.322 e. The molecule has 0 aliphatic carbocycles. The number of amides is 1. The number of pyridine rings is 1. The molecule has 27 heavy (non-hydrogen) atoms. The van der Waals surface area contributed by atoms with Gasteiger partial charge in [0.25, 0.3) is 0 Å². The van der Waals surface area contributed by atoms with E-state index < -0.39 is 0 Å². The lowest BCUT2D eigenvalue weighted by atomic mass is 10.2. The highest BCUT2D eigenvalue weighted by atomic mass is 16.1. The Bertz CT molecular complexity index is 1140. The van der Waals surface area contributed by atoms with E-state index >= 15 is 0 Å². The first-order valence-corrected chi connectivity index (χ1v) is 8.37. The van der Waals surface area contributed by atoms with Gasteiger partial charge in [0.15, 0.2) is 11.6 Å². The van der Waals surface area contributed by atoms with Crippen molar-refractivity contribution >= 4 is 29.0 Å². The van der Waals surface area contributed by atoms with Crippen LogP contribution in [0.2, 0.25) is 0 Å². The van der Waals surface area contributed by atoms with Gasteiger partial charge in [-0.25, -0.2) is 15.0 Å². The molecule has 0 radical (unpaired) electrons. The van der Waals surface area contributed by atoms with Crippen molar-refractivity contribution in [3.8, 4) is 11.4 Å². The van der Waals surface area contributed by atoms with Crippen LogP contribution in [-0.4, -0.2) is 35.0 Å². The summed E-state index contributed by atoms with van der Waals surface area (Å²) in [5.41, 5.74) is 2.17. The van der Waals surface area contributed by atoms with E-state index in [-0.39, 0.29) is 5.91 Å². The van der Waals surface area contributed by atoms with Gasteiger partial charge in [-0.2, -0.15) is 5.10 Å². The molecule has 0 saturated carbocycles. The summed E-state index contributed by atoms with van der Waals surface area (Å²) in [5, 5.41) is 10.3. The maximum absolute atomic E-state index is 11.4. The van der Waals surface area contributed by atoms with Gasteiger partial charge in [0, 0.05) is 38.5 Å². The van der Waals surface area contributed by atoms with E-state index in [0.717, 1.165) is 11.3 Å². The number of aryl methyl sites for hydroxylation is 2. The smallest absolute Gasteiger partial charge is 0.222 e. The number of nitrogens with one attached hydrogen (secondary N) is 2. The summed E-state index contributed by atoms with van der Waals surface area (Å²) in [6, 6.07) is 9.35. The molecule has 0 bridgehead atoms. The van der Waals surface area contributed by atoms with Crippen LogP contribution in [0.3, 0.4) is 0 Å². The Morgan fingerprint density at radius 3 is 2.67 bits per heavy atom. The van der Waals surface area contributed by atoms with Crippen LogP contribution < -0.4 is 10.6 Å². The SMILES string of the molecule is CC(=O)Nc1cc(-c2c(Nc3ccn(C)n3)nc3ccccn23)nc(C)n1. The van der Waals surface area contributed by atoms with E-state index in [0.29, 0.717) is 29.0 Å². The Labute approximate surface area is 155 Å². The Balaban J connectivity index is 1.88. The number of aromatic nitrogens is 6. The number of hydrogen-bond donors (Lipinski definition) is 2. The molecular formula is C18H18N8O. The van der Waals surface area contributed by atoms with Gasteiger partial charge in [0.1, 0.15) is 23.0 Å².